The van der Waals surface area contributed by atoms with Crippen molar-refractivity contribution >= 4 is 22.7 Å². The quantitative estimate of drug-likeness (QED) is 0.695. The highest BCUT2D eigenvalue weighted by Gasteiger charge is 2.40. The lowest BCUT2D eigenvalue weighted by molar-refractivity contribution is -0.263. The first-order chi connectivity index (χ1) is 14.4. The molecule has 5 rings (SSSR count). The fourth-order valence-corrected chi connectivity index (χ4v) is 3.95. The van der Waals surface area contributed by atoms with Gasteiger partial charge < -0.3 is 19.5 Å². The third-order valence-corrected chi connectivity index (χ3v) is 5.49. The number of hydrogen-bond acceptors (Lipinski definition) is 4. The minimum Gasteiger partial charge on any atom is -0.351 e. The molecule has 3 aromatic rings. The monoisotopic (exact) mass is 415 g/mol. The molecule has 2 amide bonds. The van der Waals surface area contributed by atoms with Gasteiger partial charge in [-0.05, 0) is 12.1 Å². The number of hydrogen-bond donors (Lipinski definition) is 1. The summed E-state index contributed by atoms with van der Waals surface area (Å²) in [6, 6.07) is 9.40. The van der Waals surface area contributed by atoms with E-state index in [9.17, 15) is 18.4 Å². The van der Waals surface area contributed by atoms with Gasteiger partial charge in [0.25, 0.3) is 11.8 Å². The molecular formula is C20H19F2N5O3. The number of nitrogens with one attached hydrogen (secondary N) is 1. The Kier molecular flexibility index (Phi) is 4.31. The van der Waals surface area contributed by atoms with Gasteiger partial charge in [-0.2, -0.15) is 13.9 Å². The molecule has 0 bridgehead atoms. The lowest BCUT2D eigenvalue weighted by Gasteiger charge is -2.33. The Morgan fingerprint density at radius 3 is 2.73 bits per heavy atom. The maximum atomic E-state index is 13.5. The van der Waals surface area contributed by atoms with Crippen LogP contribution in [0.5, 0.6) is 0 Å². The first-order valence-corrected chi connectivity index (χ1v) is 9.64. The molecule has 30 heavy (non-hydrogen) atoms. The molecule has 2 aliphatic heterocycles. The number of aromatic amines is 1. The van der Waals surface area contributed by atoms with Crippen LogP contribution in [0.1, 0.15) is 26.5 Å². The smallest absolute Gasteiger partial charge is 0.351 e. The fourth-order valence-electron chi connectivity index (χ4n) is 3.95. The van der Waals surface area contributed by atoms with Crippen LogP contribution in [-0.2, 0) is 17.8 Å². The van der Waals surface area contributed by atoms with Crippen LogP contribution in [0, 0.1) is 0 Å². The normalized spacial score (nSPS) is 18.5. The van der Waals surface area contributed by atoms with E-state index < -0.39 is 18.6 Å². The summed E-state index contributed by atoms with van der Waals surface area (Å²) in [7, 11) is 0. The number of carbonyl (C=O) groups is 2. The van der Waals surface area contributed by atoms with Crippen molar-refractivity contribution in [2.75, 3.05) is 26.2 Å². The molecule has 156 valence electrons. The second kappa shape index (κ2) is 6.91. The molecule has 2 aliphatic rings. The summed E-state index contributed by atoms with van der Waals surface area (Å²) in [5, 5.41) is 5.15. The zero-order valence-corrected chi connectivity index (χ0v) is 16.0. The number of amides is 2. The minimum atomic E-state index is -3.36. The van der Waals surface area contributed by atoms with E-state index in [-0.39, 0.29) is 31.2 Å². The van der Waals surface area contributed by atoms with Crippen LogP contribution in [0.25, 0.3) is 10.9 Å². The Morgan fingerprint density at radius 2 is 1.93 bits per heavy atom. The van der Waals surface area contributed by atoms with Crippen molar-refractivity contribution in [2.45, 2.75) is 19.2 Å². The number of benzene rings is 1. The van der Waals surface area contributed by atoms with Gasteiger partial charge in [-0.25, -0.2) is 0 Å². The van der Waals surface area contributed by atoms with E-state index in [2.05, 4.69) is 14.8 Å². The third-order valence-electron chi connectivity index (χ3n) is 5.49. The Morgan fingerprint density at radius 1 is 1.10 bits per heavy atom. The number of morpholine rings is 1. The van der Waals surface area contributed by atoms with E-state index in [1.807, 2.05) is 24.3 Å². The van der Waals surface area contributed by atoms with Gasteiger partial charge in [-0.15, -0.1) is 0 Å². The molecule has 1 fully saturated rings. The number of rotatable bonds is 2. The molecule has 4 heterocycles. The van der Waals surface area contributed by atoms with Crippen molar-refractivity contribution in [1.29, 1.82) is 0 Å². The average molecular weight is 415 g/mol. The van der Waals surface area contributed by atoms with Gasteiger partial charge >= 0.3 is 6.11 Å². The Labute approximate surface area is 170 Å². The third kappa shape index (κ3) is 3.22. The summed E-state index contributed by atoms with van der Waals surface area (Å²) in [6.45, 7) is 0.0914. The molecule has 0 spiro atoms. The van der Waals surface area contributed by atoms with E-state index in [1.165, 1.54) is 6.20 Å². The van der Waals surface area contributed by atoms with Gasteiger partial charge in [0.2, 0.25) is 0 Å². The van der Waals surface area contributed by atoms with Crippen LogP contribution in [-0.4, -0.2) is 68.7 Å². The van der Waals surface area contributed by atoms with E-state index in [1.54, 1.807) is 15.6 Å². The molecule has 0 saturated carbocycles. The summed E-state index contributed by atoms with van der Waals surface area (Å²) in [4.78, 5) is 31.7. The zero-order chi connectivity index (χ0) is 20.9. The lowest BCUT2D eigenvalue weighted by atomic mass is 10.1. The van der Waals surface area contributed by atoms with Crippen LogP contribution in [0.4, 0.5) is 8.78 Å². The minimum absolute atomic E-state index is 0.0801. The summed E-state index contributed by atoms with van der Waals surface area (Å²) >= 11 is 0. The molecule has 0 unspecified atom stereocenters. The fraction of sp³-hybridized carbons (Fsp3) is 0.350. The van der Waals surface area contributed by atoms with Crippen LogP contribution < -0.4 is 0 Å². The van der Waals surface area contributed by atoms with E-state index in [0.29, 0.717) is 24.5 Å². The topological polar surface area (TPSA) is 83.5 Å². The van der Waals surface area contributed by atoms with Gasteiger partial charge in [0.15, 0.2) is 0 Å². The Hall–Kier alpha value is -3.27. The van der Waals surface area contributed by atoms with Crippen molar-refractivity contribution in [2.24, 2.45) is 0 Å². The maximum Gasteiger partial charge on any atom is 0.373 e. The summed E-state index contributed by atoms with van der Waals surface area (Å²) < 4.78 is 33.1. The van der Waals surface area contributed by atoms with Crippen molar-refractivity contribution in [3.05, 3.63) is 53.5 Å². The molecule has 0 atom stereocenters. The predicted molar refractivity (Wildman–Crippen MR) is 102 cm³/mol. The number of H-pyrrole nitrogens is 1. The van der Waals surface area contributed by atoms with Gasteiger partial charge in [-0.1, -0.05) is 18.2 Å². The molecule has 0 aliphatic carbocycles. The second-order valence-corrected chi connectivity index (χ2v) is 7.44. The lowest BCUT2D eigenvalue weighted by Crippen LogP contribution is -2.49. The number of nitrogens with zero attached hydrogens (tertiary/aromatic N) is 4. The van der Waals surface area contributed by atoms with Crippen molar-refractivity contribution in [1.82, 2.24) is 24.6 Å². The summed E-state index contributed by atoms with van der Waals surface area (Å²) in [6.07, 6.45) is -1.97. The number of alkyl halides is 2. The molecule has 1 N–H and O–H groups in total. The van der Waals surface area contributed by atoms with Crippen molar-refractivity contribution < 1.29 is 23.1 Å². The molecule has 0 radical (unpaired) electrons. The van der Waals surface area contributed by atoms with Gasteiger partial charge in [0, 0.05) is 24.0 Å². The largest absolute Gasteiger partial charge is 0.373 e. The maximum absolute atomic E-state index is 13.5. The SMILES string of the molecule is O=C(c1cc2ccccc2[nH]1)N1CCn2ncc(C(=O)N3CCOC(F)(F)C3)c2C1. The molecule has 8 nitrogen and oxygen atoms in total. The number of ether oxygens (including phenoxy) is 1. The van der Waals surface area contributed by atoms with Gasteiger partial charge in [-0.3, -0.25) is 14.3 Å². The van der Waals surface area contributed by atoms with Crippen LogP contribution in [0.15, 0.2) is 36.5 Å². The van der Waals surface area contributed by atoms with Crippen molar-refractivity contribution in [3.63, 3.8) is 0 Å². The average Bonchev–Trinajstić information content (AvgIpc) is 3.35. The Balaban J connectivity index is 1.38. The molecule has 1 saturated heterocycles. The second-order valence-electron chi connectivity index (χ2n) is 7.44. The number of para-hydroxylation sites is 1. The van der Waals surface area contributed by atoms with E-state index in [0.717, 1.165) is 15.8 Å². The number of halogens is 2. The van der Waals surface area contributed by atoms with E-state index in [4.69, 9.17) is 0 Å². The Bertz CT molecular complexity index is 1110. The number of carbonyl (C=O) groups excluding carboxylic acids is 2. The number of aromatic nitrogens is 3. The summed E-state index contributed by atoms with van der Waals surface area (Å²) in [5.74, 6) is -0.714. The van der Waals surface area contributed by atoms with Crippen LogP contribution in [0.2, 0.25) is 0 Å². The molecule has 10 heteroatoms. The van der Waals surface area contributed by atoms with Gasteiger partial charge in [0.05, 0.1) is 37.2 Å². The highest BCUT2D eigenvalue weighted by molar-refractivity contribution is 5.98. The highest BCUT2D eigenvalue weighted by Crippen LogP contribution is 2.25. The van der Waals surface area contributed by atoms with Crippen molar-refractivity contribution in [3.8, 4) is 0 Å². The van der Waals surface area contributed by atoms with Crippen LogP contribution in [0.3, 0.4) is 0 Å². The first-order valence-electron chi connectivity index (χ1n) is 9.64. The summed E-state index contributed by atoms with van der Waals surface area (Å²) in [5.41, 5.74) is 2.12. The zero-order valence-electron chi connectivity index (χ0n) is 16.0. The highest BCUT2D eigenvalue weighted by atomic mass is 19.3. The molecular weight excluding hydrogens is 396 g/mol. The number of fused-ring (bicyclic) bond motifs is 2. The predicted octanol–water partition coefficient (Wildman–Crippen LogP) is 2.09. The van der Waals surface area contributed by atoms with E-state index >= 15 is 0 Å². The first kappa shape index (κ1) is 18.7. The molecule has 1 aromatic carbocycles. The van der Waals surface area contributed by atoms with Crippen LogP contribution >= 0.6 is 0 Å². The van der Waals surface area contributed by atoms with Gasteiger partial charge in [0.1, 0.15) is 12.2 Å². The standard InChI is InChI=1S/C20H19F2N5O3/c21-20(22)12-26(7-8-30-20)18(28)14-10-23-27-6-5-25(11-17(14)27)19(29)16-9-13-3-1-2-4-15(13)24-16/h1-4,9-10,24H,5-8,11-12H2. The molecule has 2 aromatic heterocycles.